The second-order valence-electron chi connectivity index (χ2n) is 6.74. The maximum atomic E-state index is 12.4. The quantitative estimate of drug-likeness (QED) is 0.452. The summed E-state index contributed by atoms with van der Waals surface area (Å²) in [6, 6.07) is 22.1. The second-order valence-corrected chi connectivity index (χ2v) is 9.32. The van der Waals surface area contributed by atoms with Crippen LogP contribution >= 0.6 is 11.8 Å². The number of nitrogens with zero attached hydrogens (tertiary/aromatic N) is 1. The van der Waals surface area contributed by atoms with Crippen LogP contribution in [0.5, 0.6) is 5.75 Å². The molecule has 1 saturated heterocycles. The van der Waals surface area contributed by atoms with Gasteiger partial charge in [0.25, 0.3) is 5.91 Å². The van der Waals surface area contributed by atoms with Crippen LogP contribution in [0.1, 0.15) is 11.1 Å². The molecule has 156 valence electrons. The molecule has 0 saturated carbocycles. The smallest absolute Gasteiger partial charge is 0.339 e. The Hall–Kier alpha value is -3.36. The molecule has 8 heteroatoms. The fourth-order valence-corrected chi connectivity index (χ4v) is 4.57. The highest BCUT2D eigenvalue weighted by atomic mass is 32.2. The number of carbonyl (C=O) groups is 1. The Balaban J connectivity index is 1.53. The van der Waals surface area contributed by atoms with Crippen molar-refractivity contribution in [3.05, 3.63) is 94.9 Å². The molecule has 1 fully saturated rings. The third-order valence-electron chi connectivity index (χ3n) is 4.31. The van der Waals surface area contributed by atoms with Gasteiger partial charge in [0.2, 0.25) is 0 Å². The number of aliphatic imine (C=N–C) groups is 1. The lowest BCUT2D eigenvalue weighted by molar-refractivity contribution is -0.115. The van der Waals surface area contributed by atoms with Gasteiger partial charge in [-0.2, -0.15) is 8.42 Å². The van der Waals surface area contributed by atoms with Gasteiger partial charge in [-0.15, -0.1) is 0 Å². The number of amidine groups is 1. The minimum atomic E-state index is -3.94. The Morgan fingerprint density at radius 3 is 2.45 bits per heavy atom. The van der Waals surface area contributed by atoms with Gasteiger partial charge in [0.05, 0.1) is 10.6 Å². The molecule has 1 amide bonds. The molecule has 1 N–H and O–H groups in total. The number of aryl methyl sites for hydroxylation is 1. The molecule has 0 atom stereocenters. The molecule has 3 aromatic carbocycles. The van der Waals surface area contributed by atoms with Gasteiger partial charge in [0, 0.05) is 0 Å². The van der Waals surface area contributed by atoms with Crippen molar-refractivity contribution in [3.63, 3.8) is 0 Å². The molecular weight excluding hydrogens is 432 g/mol. The molecule has 0 aromatic heterocycles. The summed E-state index contributed by atoms with van der Waals surface area (Å²) in [7, 11) is -3.94. The van der Waals surface area contributed by atoms with Crippen molar-refractivity contribution in [3.8, 4) is 5.75 Å². The normalized spacial score (nSPS) is 16.5. The zero-order chi connectivity index (χ0) is 21.8. The van der Waals surface area contributed by atoms with Crippen LogP contribution in [0.4, 0.5) is 5.69 Å². The fraction of sp³-hybridized carbons (Fsp3) is 0.0435. The minimum absolute atomic E-state index is 0.0708. The summed E-state index contributed by atoms with van der Waals surface area (Å²) in [6.07, 6.45) is 1.67. The van der Waals surface area contributed by atoms with Crippen LogP contribution in [0.2, 0.25) is 0 Å². The molecule has 0 aliphatic carbocycles. The Kier molecular flexibility index (Phi) is 5.92. The van der Waals surface area contributed by atoms with E-state index < -0.39 is 10.1 Å². The van der Waals surface area contributed by atoms with Crippen LogP contribution in [-0.2, 0) is 14.9 Å². The summed E-state index contributed by atoms with van der Waals surface area (Å²) in [5, 5.41) is 3.23. The number of thioether (sulfide) groups is 1. The summed E-state index contributed by atoms with van der Waals surface area (Å²) < 4.78 is 30.1. The molecule has 0 bridgehead atoms. The highest BCUT2D eigenvalue weighted by Crippen LogP contribution is 2.29. The van der Waals surface area contributed by atoms with E-state index in [2.05, 4.69) is 10.3 Å². The molecule has 1 aliphatic heterocycles. The highest BCUT2D eigenvalue weighted by Gasteiger charge is 2.24. The molecule has 6 nitrogen and oxygen atoms in total. The van der Waals surface area contributed by atoms with Crippen molar-refractivity contribution in [2.45, 2.75) is 11.8 Å². The maximum Gasteiger partial charge on any atom is 0.339 e. The standard InChI is InChI=1S/C23H18N2O4S2/c1-16-10-12-18(13-11-16)24-23-25-22(26)21(30-23)15-17-6-5-7-19(14-17)29-31(27,28)20-8-3-2-4-9-20/h2-15H,1H3,(H,24,25,26)/b21-15-. The van der Waals surface area contributed by atoms with E-state index in [9.17, 15) is 13.2 Å². The molecule has 31 heavy (non-hydrogen) atoms. The lowest BCUT2D eigenvalue weighted by atomic mass is 10.2. The molecular formula is C23H18N2O4S2. The van der Waals surface area contributed by atoms with E-state index in [1.807, 2.05) is 31.2 Å². The molecule has 1 aliphatic rings. The van der Waals surface area contributed by atoms with E-state index in [-0.39, 0.29) is 16.6 Å². The van der Waals surface area contributed by atoms with Gasteiger partial charge in [0.1, 0.15) is 10.6 Å². The van der Waals surface area contributed by atoms with E-state index in [1.165, 1.54) is 23.9 Å². The second kappa shape index (κ2) is 8.79. The van der Waals surface area contributed by atoms with Crippen molar-refractivity contribution in [2.75, 3.05) is 0 Å². The van der Waals surface area contributed by atoms with Gasteiger partial charge >= 0.3 is 10.1 Å². The summed E-state index contributed by atoms with van der Waals surface area (Å²) >= 11 is 1.22. The number of carbonyl (C=O) groups excluding carboxylic acids is 1. The first-order chi connectivity index (χ1) is 14.9. The van der Waals surface area contributed by atoms with Crippen LogP contribution in [0.15, 0.2) is 93.7 Å². The van der Waals surface area contributed by atoms with Crippen molar-refractivity contribution >= 4 is 44.7 Å². The Morgan fingerprint density at radius 2 is 1.71 bits per heavy atom. The molecule has 4 rings (SSSR count). The fourth-order valence-electron chi connectivity index (χ4n) is 2.79. The van der Waals surface area contributed by atoms with Gasteiger partial charge in [-0.3, -0.25) is 4.79 Å². The number of nitrogens with one attached hydrogen (secondary N) is 1. The first-order valence-corrected chi connectivity index (χ1v) is 11.6. The SMILES string of the molecule is Cc1ccc(N=C2NC(=O)/C(=C/c3cccc(OS(=O)(=O)c4ccccc4)c3)S2)cc1. The van der Waals surface area contributed by atoms with Crippen molar-refractivity contribution in [1.29, 1.82) is 0 Å². The van der Waals surface area contributed by atoms with Gasteiger partial charge in [-0.05, 0) is 66.7 Å². The number of amides is 1. The first kappa shape index (κ1) is 20.9. The van der Waals surface area contributed by atoms with Crippen molar-refractivity contribution < 1.29 is 17.4 Å². The predicted octanol–water partition coefficient (Wildman–Crippen LogP) is 4.65. The average molecular weight is 451 g/mol. The Labute approximate surface area is 184 Å². The number of hydrogen-bond acceptors (Lipinski definition) is 6. The van der Waals surface area contributed by atoms with E-state index in [0.29, 0.717) is 15.6 Å². The van der Waals surface area contributed by atoms with Crippen molar-refractivity contribution in [2.24, 2.45) is 4.99 Å². The zero-order valence-corrected chi connectivity index (χ0v) is 18.1. The van der Waals surface area contributed by atoms with Gasteiger partial charge in [0.15, 0.2) is 5.17 Å². The Bertz CT molecular complexity index is 1280. The van der Waals surface area contributed by atoms with E-state index in [4.69, 9.17) is 4.18 Å². The van der Waals surface area contributed by atoms with Crippen LogP contribution in [-0.4, -0.2) is 19.5 Å². The van der Waals surface area contributed by atoms with Crippen molar-refractivity contribution in [1.82, 2.24) is 5.32 Å². The molecule has 0 unspecified atom stereocenters. The van der Waals surface area contributed by atoms with E-state index in [0.717, 1.165) is 11.3 Å². The summed E-state index contributed by atoms with van der Waals surface area (Å²) in [5.74, 6) is -0.103. The van der Waals surface area contributed by atoms with Gasteiger partial charge in [-0.25, -0.2) is 4.99 Å². The molecule has 3 aromatic rings. The summed E-state index contributed by atoms with van der Waals surface area (Å²) in [4.78, 5) is 17.3. The minimum Gasteiger partial charge on any atom is -0.379 e. The third kappa shape index (κ3) is 5.22. The van der Waals surface area contributed by atoms with E-state index >= 15 is 0 Å². The third-order valence-corrected chi connectivity index (χ3v) is 6.48. The van der Waals surface area contributed by atoms with Gasteiger partial charge < -0.3 is 9.50 Å². The largest absolute Gasteiger partial charge is 0.379 e. The monoisotopic (exact) mass is 450 g/mol. The predicted molar refractivity (Wildman–Crippen MR) is 123 cm³/mol. The molecule has 0 radical (unpaired) electrons. The first-order valence-electron chi connectivity index (χ1n) is 9.35. The number of hydrogen-bond donors (Lipinski definition) is 1. The number of benzene rings is 3. The number of rotatable bonds is 5. The summed E-state index contributed by atoms with van der Waals surface area (Å²) in [5.41, 5.74) is 2.51. The van der Waals surface area contributed by atoms with E-state index in [1.54, 1.807) is 48.5 Å². The maximum absolute atomic E-state index is 12.4. The Morgan fingerprint density at radius 1 is 0.968 bits per heavy atom. The van der Waals surface area contributed by atoms with Crippen LogP contribution in [0, 0.1) is 6.92 Å². The highest BCUT2D eigenvalue weighted by molar-refractivity contribution is 8.18. The topological polar surface area (TPSA) is 84.8 Å². The zero-order valence-electron chi connectivity index (χ0n) is 16.5. The molecule has 0 spiro atoms. The summed E-state index contributed by atoms with van der Waals surface area (Å²) in [6.45, 7) is 1.99. The van der Waals surface area contributed by atoms with Crippen LogP contribution < -0.4 is 9.50 Å². The average Bonchev–Trinajstić information content (AvgIpc) is 3.09. The van der Waals surface area contributed by atoms with Gasteiger partial charge in [-0.1, -0.05) is 48.0 Å². The van der Waals surface area contributed by atoms with Crippen LogP contribution in [0.3, 0.4) is 0 Å². The molecule has 1 heterocycles. The van der Waals surface area contributed by atoms with Crippen LogP contribution in [0.25, 0.3) is 6.08 Å². The lowest BCUT2D eigenvalue weighted by Gasteiger charge is -2.07. The lowest BCUT2D eigenvalue weighted by Crippen LogP contribution is -2.19.